The van der Waals surface area contributed by atoms with Gasteiger partial charge in [-0.3, -0.25) is 4.79 Å². The number of nitrogens with zero attached hydrogens (tertiary/aromatic N) is 2. The van der Waals surface area contributed by atoms with Crippen LogP contribution < -0.4 is 10.6 Å². The highest BCUT2D eigenvalue weighted by molar-refractivity contribution is 6.30. The quantitative estimate of drug-likeness (QED) is 0.362. The molecule has 2 aliphatic heterocycles. The highest BCUT2D eigenvalue weighted by Gasteiger charge is 2.38. The van der Waals surface area contributed by atoms with Gasteiger partial charge >= 0.3 is 12.1 Å². The summed E-state index contributed by atoms with van der Waals surface area (Å²) in [5.74, 6) is -2.77. The van der Waals surface area contributed by atoms with E-state index in [4.69, 9.17) is 21.5 Å². The molecule has 7 nitrogen and oxygen atoms in total. The van der Waals surface area contributed by atoms with Crippen molar-refractivity contribution < 1.29 is 27.9 Å². The van der Waals surface area contributed by atoms with E-state index in [1.54, 1.807) is 0 Å². The third-order valence-electron chi connectivity index (χ3n) is 7.19. The van der Waals surface area contributed by atoms with Crippen molar-refractivity contribution in [1.29, 1.82) is 0 Å². The molecule has 1 atom stereocenters. The smallest absolute Gasteiger partial charge is 0.475 e. The zero-order valence-electron chi connectivity index (χ0n) is 22.0. The Bertz CT molecular complexity index is 1320. The summed E-state index contributed by atoms with van der Waals surface area (Å²) in [6.07, 6.45) is -1.73. The minimum absolute atomic E-state index is 0.0139. The molecule has 0 aliphatic carbocycles. The first-order chi connectivity index (χ1) is 19.0. The number of aliphatic carboxylic acids is 1. The second-order valence-corrected chi connectivity index (χ2v) is 10.5. The number of carboxylic acid groups (broad SMARTS) is 1. The van der Waals surface area contributed by atoms with E-state index in [2.05, 4.69) is 57.5 Å². The molecule has 0 radical (unpaired) electrons. The van der Waals surface area contributed by atoms with Crippen LogP contribution >= 0.6 is 11.6 Å². The maximum Gasteiger partial charge on any atom is 0.490 e. The molecule has 3 aromatic rings. The first kappa shape index (κ1) is 29.6. The number of hydrogen-bond donors (Lipinski definition) is 3. The van der Waals surface area contributed by atoms with Gasteiger partial charge in [0.15, 0.2) is 0 Å². The average molecular weight is 577 g/mol. The Labute approximate surface area is 235 Å². The number of amides is 1. The molecule has 1 aromatic heterocycles. The summed E-state index contributed by atoms with van der Waals surface area (Å²) in [5, 5.41) is 14.7. The average Bonchev–Trinajstić information content (AvgIpc) is 3.33. The van der Waals surface area contributed by atoms with Gasteiger partial charge in [-0.05, 0) is 75.3 Å². The normalized spacial score (nSPS) is 17.9. The van der Waals surface area contributed by atoms with Gasteiger partial charge in [0, 0.05) is 23.2 Å². The van der Waals surface area contributed by atoms with E-state index in [0.717, 1.165) is 54.1 Å². The minimum Gasteiger partial charge on any atom is -0.475 e. The lowest BCUT2D eigenvalue weighted by molar-refractivity contribution is -0.192. The van der Waals surface area contributed by atoms with Crippen LogP contribution in [-0.2, 0) is 4.79 Å². The second-order valence-electron chi connectivity index (χ2n) is 10.0. The monoisotopic (exact) mass is 576 g/mol. The molecule has 1 unspecified atom stereocenters. The number of carbonyl (C=O) groups is 2. The van der Waals surface area contributed by atoms with Gasteiger partial charge in [0.1, 0.15) is 5.69 Å². The number of benzene rings is 2. The van der Waals surface area contributed by atoms with Gasteiger partial charge in [0.2, 0.25) is 0 Å². The molecule has 0 bridgehead atoms. The summed E-state index contributed by atoms with van der Waals surface area (Å²) in [7, 11) is 2.19. The first-order valence-electron chi connectivity index (χ1n) is 13.1. The van der Waals surface area contributed by atoms with Crippen molar-refractivity contribution >= 4 is 23.5 Å². The molecule has 11 heteroatoms. The van der Waals surface area contributed by atoms with Crippen LogP contribution in [0, 0.1) is 0 Å². The molecule has 1 fully saturated rings. The second kappa shape index (κ2) is 12.9. The number of rotatable bonds is 6. The number of fused-ring (bicyclic) bond motifs is 1. The topological polar surface area (TPSA) is 86.6 Å². The molecule has 3 N–H and O–H groups in total. The van der Waals surface area contributed by atoms with Crippen molar-refractivity contribution in [1.82, 2.24) is 20.1 Å². The summed E-state index contributed by atoms with van der Waals surface area (Å²) >= 11 is 6.33. The molecule has 1 saturated heterocycles. The summed E-state index contributed by atoms with van der Waals surface area (Å²) in [5.41, 5.74) is 5.00. The van der Waals surface area contributed by atoms with E-state index >= 15 is 0 Å². The van der Waals surface area contributed by atoms with Gasteiger partial charge in [0.25, 0.3) is 5.91 Å². The van der Waals surface area contributed by atoms with Crippen LogP contribution in [0.15, 0.2) is 60.7 Å². The Morgan fingerprint density at radius 3 is 2.35 bits per heavy atom. The Kier molecular flexibility index (Phi) is 9.55. The van der Waals surface area contributed by atoms with Gasteiger partial charge in [0.05, 0.1) is 11.7 Å². The maximum absolute atomic E-state index is 12.9. The summed E-state index contributed by atoms with van der Waals surface area (Å²) in [6.45, 7) is 3.89. The number of piperidine rings is 1. The number of aromatic nitrogens is 1. The van der Waals surface area contributed by atoms with Crippen LogP contribution in [-0.4, -0.2) is 71.9 Å². The van der Waals surface area contributed by atoms with E-state index in [1.165, 1.54) is 12.8 Å². The van der Waals surface area contributed by atoms with Gasteiger partial charge in [-0.1, -0.05) is 54.1 Å². The van der Waals surface area contributed by atoms with Gasteiger partial charge < -0.3 is 25.2 Å². The Hall–Kier alpha value is -3.34. The summed E-state index contributed by atoms with van der Waals surface area (Å²) in [6, 6.07) is 21.1. The molecule has 214 valence electrons. The van der Waals surface area contributed by atoms with Crippen LogP contribution in [0.4, 0.5) is 13.2 Å². The van der Waals surface area contributed by atoms with Crippen molar-refractivity contribution in [2.24, 2.45) is 0 Å². The fourth-order valence-electron chi connectivity index (χ4n) is 5.14. The highest BCUT2D eigenvalue weighted by atomic mass is 35.5. The van der Waals surface area contributed by atoms with E-state index in [-0.39, 0.29) is 11.9 Å². The van der Waals surface area contributed by atoms with Crippen molar-refractivity contribution in [3.8, 4) is 22.4 Å². The number of carbonyl (C=O) groups excluding carboxylic acids is 1. The van der Waals surface area contributed by atoms with E-state index < -0.39 is 12.1 Å². The molecule has 2 aliphatic rings. The number of hydrogen-bond acceptors (Lipinski definition) is 4. The van der Waals surface area contributed by atoms with Gasteiger partial charge in [-0.2, -0.15) is 13.2 Å². The van der Waals surface area contributed by atoms with E-state index in [1.807, 2.05) is 30.3 Å². The van der Waals surface area contributed by atoms with Crippen molar-refractivity contribution in [2.75, 3.05) is 33.2 Å². The van der Waals surface area contributed by atoms with Crippen LogP contribution in [0.1, 0.15) is 35.8 Å². The molecular weight excluding hydrogens is 545 g/mol. The summed E-state index contributed by atoms with van der Waals surface area (Å²) in [4.78, 5) is 24.2. The molecule has 0 spiro atoms. The molecule has 0 saturated carbocycles. The third-order valence-corrected chi connectivity index (χ3v) is 7.42. The number of halogens is 4. The largest absolute Gasteiger partial charge is 0.490 e. The van der Waals surface area contributed by atoms with Gasteiger partial charge in [-0.15, -0.1) is 0 Å². The van der Waals surface area contributed by atoms with Crippen LogP contribution in [0.5, 0.6) is 0 Å². The standard InChI is InChI=1S/C27H31ClN4O.C2HF3O2/c1-31-14-11-22(12-15-31)29-13-10-23-18-30-27(33)25-17-24(20-8-5-9-21(28)16-20)26(32(23)25)19-6-3-2-4-7-19;3-2(4,5)1(6)7/h2-9,16-17,22-23,29H,10-15,18H2,1H3,(H,30,33);(H,6,7). The SMILES string of the molecule is CN1CCC(NCCC2CNC(=O)c3cc(-c4cccc(Cl)c4)c(-c4ccccc4)n32)CC1.O=C(O)C(F)(F)F. The Morgan fingerprint density at radius 2 is 1.73 bits per heavy atom. The molecule has 1 amide bonds. The molecule has 5 rings (SSSR count). The number of likely N-dealkylation sites (tertiary alicyclic amines) is 1. The molecule has 2 aromatic carbocycles. The lowest BCUT2D eigenvalue weighted by atomic mass is 10.0. The number of alkyl halides is 3. The number of nitrogens with one attached hydrogen (secondary N) is 2. The molecule has 40 heavy (non-hydrogen) atoms. The van der Waals surface area contributed by atoms with Gasteiger partial charge in [-0.25, -0.2) is 4.79 Å². The lowest BCUT2D eigenvalue weighted by Crippen LogP contribution is -2.43. The molecular formula is C29H32ClF3N4O3. The predicted molar refractivity (Wildman–Crippen MR) is 149 cm³/mol. The molecule has 3 heterocycles. The van der Waals surface area contributed by atoms with Crippen LogP contribution in [0.25, 0.3) is 22.4 Å². The van der Waals surface area contributed by atoms with E-state index in [0.29, 0.717) is 17.6 Å². The van der Waals surface area contributed by atoms with Crippen molar-refractivity contribution in [3.63, 3.8) is 0 Å². The maximum atomic E-state index is 12.9. The van der Waals surface area contributed by atoms with Crippen LogP contribution in [0.2, 0.25) is 5.02 Å². The lowest BCUT2D eigenvalue weighted by Gasteiger charge is -2.32. The van der Waals surface area contributed by atoms with Crippen molar-refractivity contribution in [2.45, 2.75) is 37.5 Å². The Morgan fingerprint density at radius 1 is 1.07 bits per heavy atom. The zero-order valence-corrected chi connectivity index (χ0v) is 22.8. The fourth-order valence-corrected chi connectivity index (χ4v) is 5.33. The zero-order chi connectivity index (χ0) is 28.9. The fraction of sp³-hybridized carbons (Fsp3) is 0.379. The first-order valence-corrected chi connectivity index (χ1v) is 13.5. The minimum atomic E-state index is -5.08. The number of carboxylic acids is 1. The highest BCUT2D eigenvalue weighted by Crippen LogP contribution is 2.39. The predicted octanol–water partition coefficient (Wildman–Crippen LogP) is 5.47. The third kappa shape index (κ3) is 7.24. The Balaban J connectivity index is 0.000000470. The summed E-state index contributed by atoms with van der Waals surface area (Å²) < 4.78 is 34.0. The van der Waals surface area contributed by atoms with Crippen molar-refractivity contribution in [3.05, 3.63) is 71.4 Å². The van der Waals surface area contributed by atoms with E-state index in [9.17, 15) is 18.0 Å². The van der Waals surface area contributed by atoms with Crippen LogP contribution in [0.3, 0.4) is 0 Å².